The van der Waals surface area contributed by atoms with Gasteiger partial charge in [0, 0.05) is 17.1 Å². The molecule has 0 heterocycles. The Hall–Kier alpha value is -2.95. The topological polar surface area (TPSA) is 38.3 Å². The summed E-state index contributed by atoms with van der Waals surface area (Å²) in [4.78, 5) is 11.9. The molecule has 0 radical (unpaired) electrons. The summed E-state index contributed by atoms with van der Waals surface area (Å²) in [5.41, 5.74) is 0.0500. The first-order valence-electron chi connectivity index (χ1n) is 6.98. The van der Waals surface area contributed by atoms with E-state index in [4.69, 9.17) is 4.74 Å². The Labute approximate surface area is 131 Å². The molecular formula is C18H13F2NO2. The predicted octanol–water partition coefficient (Wildman–Crippen LogP) is 4.14. The quantitative estimate of drug-likeness (QED) is 0.786. The molecule has 0 aliphatic carbocycles. The van der Waals surface area contributed by atoms with E-state index in [1.807, 2.05) is 36.4 Å². The third-order valence-corrected chi connectivity index (χ3v) is 3.25. The number of anilines is 1. The van der Waals surface area contributed by atoms with Gasteiger partial charge in [0.1, 0.15) is 17.4 Å². The highest BCUT2D eigenvalue weighted by Gasteiger charge is 2.08. The number of ether oxygens (including phenoxy) is 1. The second kappa shape index (κ2) is 6.44. The van der Waals surface area contributed by atoms with Gasteiger partial charge in [-0.2, -0.15) is 0 Å². The van der Waals surface area contributed by atoms with Crippen molar-refractivity contribution in [3.05, 3.63) is 72.3 Å². The lowest BCUT2D eigenvalue weighted by Crippen LogP contribution is -2.20. The fourth-order valence-electron chi connectivity index (χ4n) is 2.29. The van der Waals surface area contributed by atoms with Gasteiger partial charge in [0.2, 0.25) is 0 Å². The summed E-state index contributed by atoms with van der Waals surface area (Å²) in [5, 5.41) is 4.28. The Kier molecular flexibility index (Phi) is 4.19. The highest BCUT2D eigenvalue weighted by Crippen LogP contribution is 2.25. The standard InChI is InChI=1S/C18H13F2NO2/c19-13-8-14(20)10-15(9-13)21-18(22)11-23-17-7-3-5-12-4-1-2-6-16(12)17/h1-10H,11H2,(H,21,22). The van der Waals surface area contributed by atoms with Crippen LogP contribution in [0.25, 0.3) is 10.8 Å². The van der Waals surface area contributed by atoms with Gasteiger partial charge in [0.05, 0.1) is 0 Å². The molecule has 23 heavy (non-hydrogen) atoms. The van der Waals surface area contributed by atoms with Crippen LogP contribution in [0, 0.1) is 11.6 Å². The SMILES string of the molecule is O=C(COc1cccc2ccccc12)Nc1cc(F)cc(F)c1. The highest BCUT2D eigenvalue weighted by atomic mass is 19.1. The summed E-state index contributed by atoms with van der Waals surface area (Å²) >= 11 is 0. The van der Waals surface area contributed by atoms with Gasteiger partial charge in [-0.25, -0.2) is 8.78 Å². The number of hydrogen-bond acceptors (Lipinski definition) is 2. The monoisotopic (exact) mass is 313 g/mol. The molecule has 0 unspecified atom stereocenters. The zero-order chi connectivity index (χ0) is 16.2. The molecule has 5 heteroatoms. The average molecular weight is 313 g/mol. The number of amides is 1. The van der Waals surface area contributed by atoms with Crippen molar-refractivity contribution in [1.82, 2.24) is 0 Å². The molecule has 116 valence electrons. The molecule has 0 aromatic heterocycles. The third kappa shape index (κ3) is 3.63. The van der Waals surface area contributed by atoms with Crippen molar-refractivity contribution in [2.75, 3.05) is 11.9 Å². The number of carbonyl (C=O) groups excluding carboxylic acids is 1. The molecule has 3 aromatic carbocycles. The van der Waals surface area contributed by atoms with E-state index in [0.717, 1.165) is 29.0 Å². The Bertz CT molecular complexity index is 839. The molecule has 1 amide bonds. The molecule has 0 bridgehead atoms. The minimum absolute atomic E-state index is 0.0500. The van der Waals surface area contributed by atoms with Crippen LogP contribution in [-0.4, -0.2) is 12.5 Å². The molecule has 0 aliphatic heterocycles. The predicted molar refractivity (Wildman–Crippen MR) is 84.4 cm³/mol. The summed E-state index contributed by atoms with van der Waals surface area (Å²) in [7, 11) is 0. The number of hydrogen-bond donors (Lipinski definition) is 1. The van der Waals surface area contributed by atoms with Gasteiger partial charge in [-0.15, -0.1) is 0 Å². The molecule has 0 spiro atoms. The number of fused-ring (bicyclic) bond motifs is 1. The van der Waals surface area contributed by atoms with Gasteiger partial charge >= 0.3 is 0 Å². The van der Waals surface area contributed by atoms with Crippen LogP contribution in [0.15, 0.2) is 60.7 Å². The Morgan fingerprint density at radius 3 is 2.43 bits per heavy atom. The molecule has 3 aromatic rings. The van der Waals surface area contributed by atoms with E-state index in [1.54, 1.807) is 6.07 Å². The maximum atomic E-state index is 13.1. The summed E-state index contributed by atoms with van der Waals surface area (Å²) < 4.78 is 31.7. The average Bonchev–Trinajstić information content (AvgIpc) is 2.52. The van der Waals surface area contributed by atoms with Gasteiger partial charge in [-0.1, -0.05) is 36.4 Å². The number of halogens is 2. The van der Waals surface area contributed by atoms with E-state index >= 15 is 0 Å². The summed E-state index contributed by atoms with van der Waals surface area (Å²) in [6.07, 6.45) is 0. The number of benzene rings is 3. The summed E-state index contributed by atoms with van der Waals surface area (Å²) in [5.74, 6) is -1.43. The van der Waals surface area contributed by atoms with Crippen molar-refractivity contribution < 1.29 is 18.3 Å². The van der Waals surface area contributed by atoms with Gasteiger partial charge in [0.25, 0.3) is 5.91 Å². The molecule has 1 N–H and O–H groups in total. The molecule has 0 aliphatic rings. The van der Waals surface area contributed by atoms with Crippen molar-refractivity contribution >= 4 is 22.4 Å². The van der Waals surface area contributed by atoms with Crippen LogP contribution in [0.5, 0.6) is 5.75 Å². The Balaban J connectivity index is 1.68. The Morgan fingerprint density at radius 1 is 0.957 bits per heavy atom. The maximum Gasteiger partial charge on any atom is 0.262 e. The minimum Gasteiger partial charge on any atom is -0.483 e. The van der Waals surface area contributed by atoms with Gasteiger partial charge in [-0.05, 0) is 23.6 Å². The fourth-order valence-corrected chi connectivity index (χ4v) is 2.29. The molecule has 0 atom stereocenters. The molecular weight excluding hydrogens is 300 g/mol. The second-order valence-corrected chi connectivity index (χ2v) is 4.97. The smallest absolute Gasteiger partial charge is 0.262 e. The van der Waals surface area contributed by atoms with Crippen LogP contribution in [0.2, 0.25) is 0 Å². The first-order chi connectivity index (χ1) is 11.1. The van der Waals surface area contributed by atoms with Crippen LogP contribution in [-0.2, 0) is 4.79 Å². The molecule has 3 nitrogen and oxygen atoms in total. The third-order valence-electron chi connectivity index (χ3n) is 3.25. The molecule has 0 saturated carbocycles. The molecule has 3 rings (SSSR count). The van der Waals surface area contributed by atoms with Crippen molar-refractivity contribution in [1.29, 1.82) is 0 Å². The molecule has 0 fully saturated rings. The van der Waals surface area contributed by atoms with Crippen molar-refractivity contribution in [3.8, 4) is 5.75 Å². The second-order valence-electron chi connectivity index (χ2n) is 4.97. The van der Waals surface area contributed by atoms with Crippen molar-refractivity contribution in [2.45, 2.75) is 0 Å². The molecule has 0 saturated heterocycles. The van der Waals surface area contributed by atoms with E-state index in [0.29, 0.717) is 5.75 Å². The van der Waals surface area contributed by atoms with E-state index in [2.05, 4.69) is 5.32 Å². The number of nitrogens with one attached hydrogen (secondary N) is 1. The van der Waals surface area contributed by atoms with E-state index in [-0.39, 0.29) is 12.3 Å². The van der Waals surface area contributed by atoms with Crippen LogP contribution in [0.4, 0.5) is 14.5 Å². The fraction of sp³-hybridized carbons (Fsp3) is 0.0556. The lowest BCUT2D eigenvalue weighted by Gasteiger charge is -2.10. The normalized spacial score (nSPS) is 10.5. The van der Waals surface area contributed by atoms with Crippen LogP contribution < -0.4 is 10.1 Å². The maximum absolute atomic E-state index is 13.1. The summed E-state index contributed by atoms with van der Waals surface area (Å²) in [6, 6.07) is 16.0. The van der Waals surface area contributed by atoms with E-state index in [9.17, 15) is 13.6 Å². The van der Waals surface area contributed by atoms with Gasteiger partial charge < -0.3 is 10.1 Å². The zero-order valence-corrected chi connectivity index (χ0v) is 12.1. The van der Waals surface area contributed by atoms with Crippen molar-refractivity contribution in [2.24, 2.45) is 0 Å². The lowest BCUT2D eigenvalue weighted by molar-refractivity contribution is -0.118. The van der Waals surface area contributed by atoms with Gasteiger partial charge in [0.15, 0.2) is 6.61 Å². The van der Waals surface area contributed by atoms with E-state index in [1.165, 1.54) is 0 Å². The zero-order valence-electron chi connectivity index (χ0n) is 12.1. The first-order valence-corrected chi connectivity index (χ1v) is 6.98. The summed E-state index contributed by atoms with van der Waals surface area (Å²) in [6.45, 7) is -0.258. The van der Waals surface area contributed by atoms with E-state index < -0.39 is 17.5 Å². The highest BCUT2D eigenvalue weighted by molar-refractivity contribution is 5.93. The van der Waals surface area contributed by atoms with Gasteiger partial charge in [-0.3, -0.25) is 4.79 Å². The number of carbonyl (C=O) groups is 1. The van der Waals surface area contributed by atoms with Crippen molar-refractivity contribution in [3.63, 3.8) is 0 Å². The minimum atomic E-state index is -0.754. The first kappa shape index (κ1) is 15.0. The van der Waals surface area contributed by atoms with Crippen LogP contribution in [0.3, 0.4) is 0 Å². The van der Waals surface area contributed by atoms with Crippen LogP contribution in [0.1, 0.15) is 0 Å². The Morgan fingerprint density at radius 2 is 1.65 bits per heavy atom. The lowest BCUT2D eigenvalue weighted by atomic mass is 10.1. The largest absolute Gasteiger partial charge is 0.483 e. The number of rotatable bonds is 4. The van der Waals surface area contributed by atoms with Crippen LogP contribution >= 0.6 is 0 Å².